The first-order valence-corrected chi connectivity index (χ1v) is 6.09. The van der Waals surface area contributed by atoms with Crippen LogP contribution in [0.15, 0.2) is 0 Å². The molecule has 0 spiro atoms. The molecule has 0 heterocycles. The van der Waals surface area contributed by atoms with E-state index in [1.165, 1.54) is 19.3 Å². The fourth-order valence-electron chi connectivity index (χ4n) is 2.56. The fourth-order valence-corrected chi connectivity index (χ4v) is 2.56. The van der Waals surface area contributed by atoms with E-state index in [1.807, 2.05) is 0 Å². The molecule has 2 atom stereocenters. The molecule has 3 nitrogen and oxygen atoms in total. The molecule has 0 aliphatic heterocycles. The summed E-state index contributed by atoms with van der Waals surface area (Å²) < 4.78 is 0. The second-order valence-electron chi connectivity index (χ2n) is 4.90. The van der Waals surface area contributed by atoms with Crippen molar-refractivity contribution in [2.24, 2.45) is 11.8 Å². The van der Waals surface area contributed by atoms with E-state index >= 15 is 0 Å². The molecule has 0 aromatic carbocycles. The van der Waals surface area contributed by atoms with Gasteiger partial charge < -0.3 is 10.6 Å². The standard InChI is InChI=1S/C12H24N2O/c1-9(2)10-6-4-5-7-11(10)14-12(15)8-13-3/h9-11,13H,4-8H2,1-3H3,(H,14,15). The first-order chi connectivity index (χ1) is 7.15. The van der Waals surface area contributed by atoms with E-state index in [9.17, 15) is 4.79 Å². The predicted molar refractivity (Wildman–Crippen MR) is 62.7 cm³/mol. The van der Waals surface area contributed by atoms with E-state index < -0.39 is 0 Å². The summed E-state index contributed by atoms with van der Waals surface area (Å²) in [4.78, 5) is 11.5. The maximum atomic E-state index is 11.5. The van der Waals surface area contributed by atoms with E-state index in [2.05, 4.69) is 24.5 Å². The van der Waals surface area contributed by atoms with Crippen molar-refractivity contribution in [2.75, 3.05) is 13.6 Å². The van der Waals surface area contributed by atoms with Crippen LogP contribution in [-0.4, -0.2) is 25.5 Å². The lowest BCUT2D eigenvalue weighted by atomic mass is 9.78. The number of hydrogen-bond donors (Lipinski definition) is 2. The van der Waals surface area contributed by atoms with Gasteiger partial charge in [-0.3, -0.25) is 4.79 Å². The number of nitrogens with one attached hydrogen (secondary N) is 2. The van der Waals surface area contributed by atoms with Gasteiger partial charge in [-0.1, -0.05) is 26.7 Å². The Morgan fingerprint density at radius 2 is 2.00 bits per heavy atom. The van der Waals surface area contributed by atoms with Crippen molar-refractivity contribution >= 4 is 5.91 Å². The summed E-state index contributed by atoms with van der Waals surface area (Å²) in [7, 11) is 1.81. The lowest BCUT2D eigenvalue weighted by Crippen LogP contribution is -2.46. The summed E-state index contributed by atoms with van der Waals surface area (Å²) in [6.45, 7) is 4.95. The lowest BCUT2D eigenvalue weighted by Gasteiger charge is -2.34. The van der Waals surface area contributed by atoms with Crippen molar-refractivity contribution < 1.29 is 4.79 Å². The first-order valence-electron chi connectivity index (χ1n) is 6.09. The van der Waals surface area contributed by atoms with Gasteiger partial charge in [-0.25, -0.2) is 0 Å². The Bertz CT molecular complexity index is 204. The highest BCUT2D eigenvalue weighted by Crippen LogP contribution is 2.29. The molecule has 1 aliphatic rings. The second kappa shape index (κ2) is 6.11. The third-order valence-electron chi connectivity index (χ3n) is 3.36. The molecular weight excluding hydrogens is 188 g/mol. The largest absolute Gasteiger partial charge is 0.352 e. The van der Waals surface area contributed by atoms with Crippen molar-refractivity contribution in [1.29, 1.82) is 0 Å². The Kier molecular flexibility index (Phi) is 5.09. The Hall–Kier alpha value is -0.570. The molecule has 0 radical (unpaired) electrons. The van der Waals surface area contributed by atoms with Gasteiger partial charge in [0, 0.05) is 6.04 Å². The number of likely N-dealkylation sites (N-methyl/N-ethyl adjacent to an activating group) is 1. The van der Waals surface area contributed by atoms with Crippen LogP contribution in [0.25, 0.3) is 0 Å². The molecule has 15 heavy (non-hydrogen) atoms. The van der Waals surface area contributed by atoms with Gasteiger partial charge in [0.25, 0.3) is 0 Å². The minimum absolute atomic E-state index is 0.134. The molecule has 1 fully saturated rings. The molecule has 1 amide bonds. The minimum atomic E-state index is 0.134. The maximum absolute atomic E-state index is 11.5. The van der Waals surface area contributed by atoms with Crippen LogP contribution in [0.4, 0.5) is 0 Å². The zero-order chi connectivity index (χ0) is 11.3. The van der Waals surface area contributed by atoms with Gasteiger partial charge in [0.1, 0.15) is 0 Å². The predicted octanol–water partition coefficient (Wildman–Crippen LogP) is 1.54. The van der Waals surface area contributed by atoms with Crippen LogP contribution in [0.5, 0.6) is 0 Å². The summed E-state index contributed by atoms with van der Waals surface area (Å²) in [6, 6.07) is 0.402. The Balaban J connectivity index is 2.45. The quantitative estimate of drug-likeness (QED) is 0.742. The molecular formula is C12H24N2O. The summed E-state index contributed by atoms with van der Waals surface area (Å²) in [6.07, 6.45) is 5.00. The van der Waals surface area contributed by atoms with Crippen molar-refractivity contribution in [3.63, 3.8) is 0 Å². The molecule has 3 heteroatoms. The van der Waals surface area contributed by atoms with E-state index in [0.717, 1.165) is 6.42 Å². The van der Waals surface area contributed by atoms with Crippen LogP contribution < -0.4 is 10.6 Å². The summed E-state index contributed by atoms with van der Waals surface area (Å²) in [5.41, 5.74) is 0. The summed E-state index contributed by atoms with van der Waals surface area (Å²) in [5.74, 6) is 1.47. The zero-order valence-electron chi connectivity index (χ0n) is 10.2. The fraction of sp³-hybridized carbons (Fsp3) is 0.917. The van der Waals surface area contributed by atoms with Gasteiger partial charge in [-0.2, -0.15) is 0 Å². The highest BCUT2D eigenvalue weighted by Gasteiger charge is 2.28. The first kappa shape index (κ1) is 12.5. The molecule has 1 aliphatic carbocycles. The monoisotopic (exact) mass is 212 g/mol. The van der Waals surface area contributed by atoms with Gasteiger partial charge in [0.2, 0.25) is 5.91 Å². The normalized spacial score (nSPS) is 26.7. The third kappa shape index (κ3) is 3.82. The van der Waals surface area contributed by atoms with Gasteiger partial charge in [0.15, 0.2) is 0 Å². The van der Waals surface area contributed by atoms with E-state index in [1.54, 1.807) is 7.05 Å². The van der Waals surface area contributed by atoms with Crippen molar-refractivity contribution in [2.45, 2.75) is 45.6 Å². The van der Waals surface area contributed by atoms with Gasteiger partial charge >= 0.3 is 0 Å². The molecule has 0 aromatic rings. The van der Waals surface area contributed by atoms with Crippen LogP contribution in [0.1, 0.15) is 39.5 Å². The van der Waals surface area contributed by atoms with Crippen molar-refractivity contribution in [3.05, 3.63) is 0 Å². The van der Waals surface area contributed by atoms with Gasteiger partial charge in [-0.05, 0) is 31.7 Å². The van der Waals surface area contributed by atoms with Crippen LogP contribution in [-0.2, 0) is 4.79 Å². The average Bonchev–Trinajstić information content (AvgIpc) is 2.18. The Morgan fingerprint density at radius 1 is 1.33 bits per heavy atom. The second-order valence-corrected chi connectivity index (χ2v) is 4.90. The van der Waals surface area contributed by atoms with Crippen LogP contribution in [0.3, 0.4) is 0 Å². The van der Waals surface area contributed by atoms with Gasteiger partial charge in [0.05, 0.1) is 6.54 Å². The Labute approximate surface area is 93.0 Å². The smallest absolute Gasteiger partial charge is 0.234 e. The molecule has 2 unspecified atom stereocenters. The molecule has 0 bridgehead atoms. The molecule has 0 aromatic heterocycles. The van der Waals surface area contributed by atoms with E-state index in [4.69, 9.17) is 0 Å². The third-order valence-corrected chi connectivity index (χ3v) is 3.36. The van der Waals surface area contributed by atoms with Crippen molar-refractivity contribution in [3.8, 4) is 0 Å². The number of rotatable bonds is 4. The molecule has 2 N–H and O–H groups in total. The van der Waals surface area contributed by atoms with E-state index in [-0.39, 0.29) is 5.91 Å². The molecule has 1 rings (SSSR count). The molecule has 88 valence electrons. The van der Waals surface area contributed by atoms with Crippen LogP contribution in [0, 0.1) is 11.8 Å². The number of carbonyl (C=O) groups is 1. The lowest BCUT2D eigenvalue weighted by molar-refractivity contribution is -0.121. The Morgan fingerprint density at radius 3 is 2.60 bits per heavy atom. The number of amides is 1. The van der Waals surface area contributed by atoms with Crippen LogP contribution in [0.2, 0.25) is 0 Å². The van der Waals surface area contributed by atoms with Crippen molar-refractivity contribution in [1.82, 2.24) is 10.6 Å². The highest BCUT2D eigenvalue weighted by molar-refractivity contribution is 5.78. The SMILES string of the molecule is CNCC(=O)NC1CCCCC1C(C)C. The summed E-state index contributed by atoms with van der Waals surface area (Å²) in [5, 5.41) is 6.04. The maximum Gasteiger partial charge on any atom is 0.234 e. The number of hydrogen-bond acceptors (Lipinski definition) is 2. The topological polar surface area (TPSA) is 41.1 Å². The molecule has 1 saturated carbocycles. The van der Waals surface area contributed by atoms with Crippen LogP contribution >= 0.6 is 0 Å². The molecule has 0 saturated heterocycles. The minimum Gasteiger partial charge on any atom is -0.352 e. The average molecular weight is 212 g/mol. The number of carbonyl (C=O) groups excluding carboxylic acids is 1. The summed E-state index contributed by atoms with van der Waals surface area (Å²) >= 11 is 0. The van der Waals surface area contributed by atoms with E-state index in [0.29, 0.717) is 24.4 Å². The highest BCUT2D eigenvalue weighted by atomic mass is 16.1. The van der Waals surface area contributed by atoms with Gasteiger partial charge in [-0.15, -0.1) is 0 Å². The zero-order valence-corrected chi connectivity index (χ0v) is 10.2.